The molecule has 1 aromatic rings. The van der Waals surface area contributed by atoms with Crippen LogP contribution in [0.3, 0.4) is 0 Å². The van der Waals surface area contributed by atoms with Crippen molar-refractivity contribution >= 4 is 10.0 Å². The van der Waals surface area contributed by atoms with E-state index >= 15 is 0 Å². The first-order chi connectivity index (χ1) is 8.30. The van der Waals surface area contributed by atoms with E-state index in [9.17, 15) is 8.42 Å². The summed E-state index contributed by atoms with van der Waals surface area (Å²) >= 11 is 0. The summed E-state index contributed by atoms with van der Waals surface area (Å²) in [5.41, 5.74) is 1.77. The van der Waals surface area contributed by atoms with Crippen molar-refractivity contribution in [2.45, 2.75) is 38.6 Å². The molecular weight excluding hydrogens is 250 g/mol. The van der Waals surface area contributed by atoms with Crippen molar-refractivity contribution in [2.24, 2.45) is 0 Å². The van der Waals surface area contributed by atoms with Gasteiger partial charge in [0.1, 0.15) is 0 Å². The van der Waals surface area contributed by atoms with E-state index in [-0.39, 0.29) is 19.2 Å². The molecule has 0 spiro atoms. The van der Waals surface area contributed by atoms with Gasteiger partial charge >= 0.3 is 0 Å². The van der Waals surface area contributed by atoms with Crippen LogP contribution in [0.4, 0.5) is 0 Å². The van der Waals surface area contributed by atoms with Crippen LogP contribution in [0, 0.1) is 13.8 Å². The number of nitrogens with zero attached hydrogens (tertiary/aromatic N) is 1. The normalized spacial score (nSPS) is 12.4. The summed E-state index contributed by atoms with van der Waals surface area (Å²) in [5, 5.41) is 9.00. The smallest absolute Gasteiger partial charge is 0.243 e. The van der Waals surface area contributed by atoms with E-state index in [2.05, 4.69) is 0 Å². The van der Waals surface area contributed by atoms with Crippen LogP contribution in [0.15, 0.2) is 23.1 Å². The first kappa shape index (κ1) is 15.1. The van der Waals surface area contributed by atoms with Crippen LogP contribution in [-0.4, -0.2) is 37.0 Å². The summed E-state index contributed by atoms with van der Waals surface area (Å²) in [7, 11) is -3.54. The maximum absolute atomic E-state index is 12.5. The largest absolute Gasteiger partial charge is 0.395 e. The summed E-state index contributed by atoms with van der Waals surface area (Å²) in [6.45, 7) is 7.26. The number of rotatable bonds is 5. The molecule has 0 aliphatic carbocycles. The molecule has 0 aromatic heterocycles. The topological polar surface area (TPSA) is 57.6 Å². The first-order valence-corrected chi connectivity index (χ1v) is 7.44. The minimum Gasteiger partial charge on any atom is -0.395 e. The van der Waals surface area contributed by atoms with Crippen LogP contribution in [0.5, 0.6) is 0 Å². The third-order valence-corrected chi connectivity index (χ3v) is 5.05. The Balaban J connectivity index is 3.26. The predicted octanol–water partition coefficient (Wildman–Crippen LogP) is 1.69. The van der Waals surface area contributed by atoms with Crippen molar-refractivity contribution < 1.29 is 13.5 Å². The van der Waals surface area contributed by atoms with Crippen LogP contribution in [0.25, 0.3) is 0 Å². The Labute approximate surface area is 109 Å². The molecule has 0 saturated carbocycles. The third-order valence-electron chi connectivity index (χ3n) is 2.81. The molecule has 102 valence electrons. The molecule has 1 aromatic carbocycles. The average molecular weight is 271 g/mol. The molecule has 0 heterocycles. The van der Waals surface area contributed by atoms with Crippen LogP contribution in [0.1, 0.15) is 25.0 Å². The SMILES string of the molecule is Cc1ccc(S(=O)(=O)N(CCO)C(C)C)c(C)c1. The molecule has 1 rings (SSSR count). The molecule has 1 N–H and O–H groups in total. The fourth-order valence-electron chi connectivity index (χ4n) is 1.97. The van der Waals surface area contributed by atoms with Crippen LogP contribution in [-0.2, 0) is 10.0 Å². The Hall–Kier alpha value is -0.910. The number of benzene rings is 1. The van der Waals surface area contributed by atoms with E-state index in [1.807, 2.05) is 13.0 Å². The maximum atomic E-state index is 12.5. The monoisotopic (exact) mass is 271 g/mol. The Morgan fingerprint density at radius 3 is 2.33 bits per heavy atom. The lowest BCUT2D eigenvalue weighted by molar-refractivity contribution is 0.236. The fourth-order valence-corrected chi connectivity index (χ4v) is 3.81. The molecular formula is C13H21NO3S. The van der Waals surface area contributed by atoms with E-state index in [1.165, 1.54) is 4.31 Å². The van der Waals surface area contributed by atoms with Gasteiger partial charge in [-0.25, -0.2) is 8.42 Å². The van der Waals surface area contributed by atoms with Gasteiger partial charge < -0.3 is 5.11 Å². The molecule has 0 radical (unpaired) electrons. The highest BCUT2D eigenvalue weighted by Crippen LogP contribution is 2.22. The molecule has 0 amide bonds. The highest BCUT2D eigenvalue weighted by molar-refractivity contribution is 7.89. The first-order valence-electron chi connectivity index (χ1n) is 6.00. The van der Waals surface area contributed by atoms with Gasteiger partial charge in [0.25, 0.3) is 0 Å². The molecule has 5 heteroatoms. The van der Waals surface area contributed by atoms with E-state index in [0.29, 0.717) is 4.90 Å². The van der Waals surface area contributed by atoms with Crippen molar-refractivity contribution in [3.8, 4) is 0 Å². The molecule has 0 aliphatic rings. The van der Waals surface area contributed by atoms with Gasteiger partial charge in [0.2, 0.25) is 10.0 Å². The predicted molar refractivity (Wildman–Crippen MR) is 72.0 cm³/mol. The molecule has 0 bridgehead atoms. The van der Waals surface area contributed by atoms with Gasteiger partial charge in [-0.15, -0.1) is 0 Å². The Morgan fingerprint density at radius 2 is 1.89 bits per heavy atom. The fraction of sp³-hybridized carbons (Fsp3) is 0.538. The second kappa shape index (κ2) is 5.82. The second-order valence-corrected chi connectivity index (χ2v) is 6.56. The van der Waals surface area contributed by atoms with E-state index in [4.69, 9.17) is 5.11 Å². The van der Waals surface area contributed by atoms with Gasteiger partial charge in [0.15, 0.2) is 0 Å². The van der Waals surface area contributed by atoms with Crippen molar-refractivity contribution in [2.75, 3.05) is 13.2 Å². The third kappa shape index (κ3) is 3.10. The van der Waals surface area contributed by atoms with E-state index in [1.54, 1.807) is 32.9 Å². The van der Waals surface area contributed by atoms with Gasteiger partial charge in [-0.05, 0) is 39.3 Å². The number of hydrogen-bond acceptors (Lipinski definition) is 3. The second-order valence-electron chi connectivity index (χ2n) is 4.70. The highest BCUT2D eigenvalue weighted by Gasteiger charge is 2.27. The standard InChI is InChI=1S/C13H21NO3S/c1-10(2)14(7-8-15)18(16,17)13-6-5-11(3)9-12(13)4/h5-6,9-10,15H,7-8H2,1-4H3. The molecule has 0 fully saturated rings. The van der Waals surface area contributed by atoms with Gasteiger partial charge in [0, 0.05) is 12.6 Å². The summed E-state index contributed by atoms with van der Waals surface area (Å²) in [4.78, 5) is 0.315. The number of hydrogen-bond donors (Lipinski definition) is 1. The summed E-state index contributed by atoms with van der Waals surface area (Å²) in [5.74, 6) is 0. The van der Waals surface area contributed by atoms with Gasteiger partial charge in [-0.2, -0.15) is 4.31 Å². The molecule has 4 nitrogen and oxygen atoms in total. The number of aryl methyl sites for hydroxylation is 2. The Morgan fingerprint density at radius 1 is 1.28 bits per heavy atom. The van der Waals surface area contributed by atoms with Crippen molar-refractivity contribution in [3.63, 3.8) is 0 Å². The minimum atomic E-state index is -3.54. The lowest BCUT2D eigenvalue weighted by atomic mass is 10.2. The van der Waals surface area contributed by atoms with Crippen molar-refractivity contribution in [1.29, 1.82) is 0 Å². The molecule has 0 atom stereocenters. The molecule has 0 aliphatic heterocycles. The summed E-state index contributed by atoms with van der Waals surface area (Å²) in [6, 6.07) is 5.09. The zero-order valence-corrected chi connectivity index (χ0v) is 12.2. The van der Waals surface area contributed by atoms with Crippen molar-refractivity contribution in [1.82, 2.24) is 4.31 Å². The van der Waals surface area contributed by atoms with Gasteiger partial charge in [0.05, 0.1) is 11.5 Å². The van der Waals surface area contributed by atoms with Crippen LogP contribution in [0.2, 0.25) is 0 Å². The molecule has 0 unspecified atom stereocenters. The summed E-state index contributed by atoms with van der Waals surface area (Å²) in [6.07, 6.45) is 0. The van der Waals surface area contributed by atoms with Gasteiger partial charge in [-0.3, -0.25) is 0 Å². The lowest BCUT2D eigenvalue weighted by Crippen LogP contribution is -2.39. The Bertz CT molecular complexity index is 509. The van der Waals surface area contributed by atoms with Crippen LogP contribution >= 0.6 is 0 Å². The van der Waals surface area contributed by atoms with E-state index in [0.717, 1.165) is 11.1 Å². The quantitative estimate of drug-likeness (QED) is 0.886. The highest BCUT2D eigenvalue weighted by atomic mass is 32.2. The molecule has 0 saturated heterocycles. The number of aliphatic hydroxyl groups excluding tert-OH is 1. The zero-order valence-electron chi connectivity index (χ0n) is 11.3. The maximum Gasteiger partial charge on any atom is 0.243 e. The average Bonchev–Trinajstić information content (AvgIpc) is 2.24. The van der Waals surface area contributed by atoms with Crippen LogP contribution < -0.4 is 0 Å². The summed E-state index contributed by atoms with van der Waals surface area (Å²) < 4.78 is 26.3. The van der Waals surface area contributed by atoms with Gasteiger partial charge in [-0.1, -0.05) is 17.7 Å². The minimum absolute atomic E-state index is 0.118. The Kier molecular flexibility index (Phi) is 4.90. The molecule has 18 heavy (non-hydrogen) atoms. The lowest BCUT2D eigenvalue weighted by Gasteiger charge is -2.25. The zero-order chi connectivity index (χ0) is 13.9. The number of sulfonamides is 1. The van der Waals surface area contributed by atoms with Crippen molar-refractivity contribution in [3.05, 3.63) is 29.3 Å². The number of aliphatic hydroxyl groups is 1. The van der Waals surface area contributed by atoms with E-state index < -0.39 is 10.0 Å².